The number of hydrogen-bond acceptors (Lipinski definition) is 6. The van der Waals surface area contributed by atoms with Gasteiger partial charge in [0.15, 0.2) is 0 Å². The molecule has 274 valence electrons. The van der Waals surface area contributed by atoms with Crippen LogP contribution in [0.2, 0.25) is 0 Å². The standard InChI is InChI=1S/C39H63N5O5/c1-9-27(4)35(41-37(47)28(5)44(32-17-11-10-12-18-32)39(49)43(8)22-21-42(6)7)38(48)40-33(36(46)34(45)23-26(2)3)25-29-19-20-30-15-13-14-16-31(30)24-29/h13-16,19-20,24,26-28,32-36,45-46H,9-12,17-18,21-23,25H2,1-8H3,(H,40,48)(H,41,47)/t27-,28-,33-,34-,35-,36+/m0/s1. The number of fused-ring (bicyclic) bond motifs is 1. The highest BCUT2D eigenvalue weighted by atomic mass is 16.3. The fourth-order valence-corrected chi connectivity index (χ4v) is 6.78. The van der Waals surface area contributed by atoms with Gasteiger partial charge in [-0.2, -0.15) is 0 Å². The van der Waals surface area contributed by atoms with E-state index in [4.69, 9.17) is 0 Å². The number of likely N-dealkylation sites (N-methyl/N-ethyl adjacent to an activating group) is 2. The Balaban J connectivity index is 1.85. The maximum atomic E-state index is 14.1. The molecule has 0 radical (unpaired) electrons. The molecule has 0 aliphatic heterocycles. The zero-order valence-corrected chi connectivity index (χ0v) is 31.2. The van der Waals surface area contributed by atoms with Gasteiger partial charge in [0.1, 0.15) is 18.2 Å². The van der Waals surface area contributed by atoms with Crippen LogP contribution >= 0.6 is 0 Å². The van der Waals surface area contributed by atoms with Gasteiger partial charge in [-0.15, -0.1) is 0 Å². The molecule has 10 heteroatoms. The molecule has 3 rings (SSSR count). The van der Waals surface area contributed by atoms with Crippen molar-refractivity contribution in [2.24, 2.45) is 11.8 Å². The average Bonchev–Trinajstić information content (AvgIpc) is 3.08. The van der Waals surface area contributed by atoms with Gasteiger partial charge >= 0.3 is 6.03 Å². The third-order valence-electron chi connectivity index (χ3n) is 10.1. The smallest absolute Gasteiger partial charge is 0.320 e. The highest BCUT2D eigenvalue weighted by Gasteiger charge is 2.38. The summed E-state index contributed by atoms with van der Waals surface area (Å²) in [4.78, 5) is 47.4. The summed E-state index contributed by atoms with van der Waals surface area (Å²) >= 11 is 0. The third-order valence-corrected chi connectivity index (χ3v) is 10.1. The number of hydrogen-bond donors (Lipinski definition) is 4. The fraction of sp³-hybridized carbons (Fsp3) is 0.667. The van der Waals surface area contributed by atoms with Gasteiger partial charge in [0, 0.05) is 26.2 Å². The van der Waals surface area contributed by atoms with Crippen molar-refractivity contribution in [2.45, 2.75) is 122 Å². The monoisotopic (exact) mass is 681 g/mol. The van der Waals surface area contributed by atoms with E-state index in [1.54, 1.807) is 23.8 Å². The van der Waals surface area contributed by atoms with Crippen LogP contribution in [-0.2, 0) is 16.0 Å². The Kier molecular flexibility index (Phi) is 15.8. The maximum absolute atomic E-state index is 14.1. The first-order chi connectivity index (χ1) is 23.2. The van der Waals surface area contributed by atoms with Crippen LogP contribution in [0.25, 0.3) is 10.8 Å². The molecule has 0 saturated heterocycles. The minimum Gasteiger partial charge on any atom is -0.390 e. The lowest BCUT2D eigenvalue weighted by Crippen LogP contribution is -2.61. The Bertz CT molecular complexity index is 1350. The van der Waals surface area contributed by atoms with Gasteiger partial charge in [-0.3, -0.25) is 9.59 Å². The van der Waals surface area contributed by atoms with E-state index in [0.717, 1.165) is 48.4 Å². The second kappa shape index (κ2) is 19.3. The van der Waals surface area contributed by atoms with Crippen molar-refractivity contribution in [3.05, 3.63) is 48.0 Å². The number of urea groups is 1. The molecule has 1 fully saturated rings. The van der Waals surface area contributed by atoms with Crippen molar-refractivity contribution in [1.29, 1.82) is 0 Å². The Hall–Kier alpha value is -3.21. The van der Waals surface area contributed by atoms with Crippen LogP contribution in [0.1, 0.15) is 85.1 Å². The number of nitrogens with one attached hydrogen (secondary N) is 2. The first kappa shape index (κ1) is 40.2. The highest BCUT2D eigenvalue weighted by molar-refractivity contribution is 5.92. The molecule has 0 aromatic heterocycles. The molecule has 0 spiro atoms. The average molecular weight is 682 g/mol. The highest BCUT2D eigenvalue weighted by Crippen LogP contribution is 2.26. The number of amides is 4. The zero-order chi connectivity index (χ0) is 36.2. The van der Waals surface area contributed by atoms with E-state index in [-0.39, 0.29) is 29.8 Å². The Morgan fingerprint density at radius 1 is 0.857 bits per heavy atom. The molecule has 0 bridgehead atoms. The number of benzene rings is 2. The third kappa shape index (κ3) is 11.7. The molecule has 2 aromatic rings. The molecule has 0 heterocycles. The van der Waals surface area contributed by atoms with Crippen LogP contribution in [0.15, 0.2) is 42.5 Å². The summed E-state index contributed by atoms with van der Waals surface area (Å²) < 4.78 is 0. The Labute approximate surface area is 294 Å². The molecule has 1 aliphatic carbocycles. The van der Waals surface area contributed by atoms with E-state index in [0.29, 0.717) is 32.4 Å². The van der Waals surface area contributed by atoms with Gasteiger partial charge in [-0.1, -0.05) is 95.8 Å². The van der Waals surface area contributed by atoms with Crippen molar-refractivity contribution in [3.8, 4) is 0 Å². The van der Waals surface area contributed by atoms with Gasteiger partial charge in [0.2, 0.25) is 11.8 Å². The maximum Gasteiger partial charge on any atom is 0.320 e. The van der Waals surface area contributed by atoms with Crippen molar-refractivity contribution in [3.63, 3.8) is 0 Å². The van der Waals surface area contributed by atoms with Crippen molar-refractivity contribution in [1.82, 2.24) is 25.3 Å². The molecule has 10 nitrogen and oxygen atoms in total. The molecule has 4 amide bonds. The molecule has 2 aromatic carbocycles. The summed E-state index contributed by atoms with van der Waals surface area (Å²) in [5.41, 5.74) is 0.914. The molecular formula is C39H63N5O5. The predicted octanol–water partition coefficient (Wildman–Crippen LogP) is 4.80. The van der Waals surface area contributed by atoms with E-state index >= 15 is 0 Å². The van der Waals surface area contributed by atoms with E-state index in [1.807, 2.05) is 89.2 Å². The van der Waals surface area contributed by atoms with Gasteiger partial charge in [0.25, 0.3) is 0 Å². The number of carbonyl (C=O) groups is 3. The Morgan fingerprint density at radius 3 is 2.12 bits per heavy atom. The molecule has 6 atom stereocenters. The number of carbonyl (C=O) groups excluding carboxylic acids is 3. The second-order valence-electron chi connectivity index (χ2n) is 14.9. The number of nitrogens with zero attached hydrogens (tertiary/aromatic N) is 3. The summed E-state index contributed by atoms with van der Waals surface area (Å²) in [6, 6.07) is 11.3. The van der Waals surface area contributed by atoms with Gasteiger partial charge in [-0.25, -0.2) is 4.79 Å². The summed E-state index contributed by atoms with van der Waals surface area (Å²) in [5.74, 6) is -0.883. The molecule has 1 aliphatic rings. The second-order valence-corrected chi connectivity index (χ2v) is 14.9. The van der Waals surface area contributed by atoms with Crippen LogP contribution in [0.3, 0.4) is 0 Å². The quantitative estimate of drug-likeness (QED) is 0.190. The minimum absolute atomic E-state index is 0.0522. The molecular weight excluding hydrogens is 618 g/mol. The van der Waals surface area contributed by atoms with Crippen LogP contribution in [0.5, 0.6) is 0 Å². The lowest BCUT2D eigenvalue weighted by atomic mass is 9.91. The molecule has 1 saturated carbocycles. The largest absolute Gasteiger partial charge is 0.390 e. The van der Waals surface area contributed by atoms with Gasteiger partial charge < -0.3 is 35.5 Å². The first-order valence-electron chi connectivity index (χ1n) is 18.4. The SMILES string of the molecule is CC[C@H](C)[C@H](NC(=O)[C@H](C)N(C(=O)N(C)CCN(C)C)C1CCCCC1)C(=O)N[C@@H](Cc1ccc2ccccc2c1)[C@@H](O)[C@@H](O)CC(C)C. The molecule has 49 heavy (non-hydrogen) atoms. The van der Waals surface area contributed by atoms with Crippen molar-refractivity contribution >= 4 is 28.6 Å². The van der Waals surface area contributed by atoms with Crippen LogP contribution < -0.4 is 10.6 Å². The van der Waals surface area contributed by atoms with Crippen LogP contribution in [-0.4, -0.2) is 113 Å². The number of rotatable bonds is 17. The minimum atomic E-state index is -1.22. The summed E-state index contributed by atoms with van der Waals surface area (Å²) in [5, 5.41) is 30.5. The van der Waals surface area contributed by atoms with E-state index < -0.39 is 36.2 Å². The predicted molar refractivity (Wildman–Crippen MR) is 197 cm³/mol. The normalized spacial score (nSPS) is 17.6. The van der Waals surface area contributed by atoms with E-state index in [1.165, 1.54) is 0 Å². The lowest BCUT2D eigenvalue weighted by Gasteiger charge is -2.40. The topological polar surface area (TPSA) is 125 Å². The van der Waals surface area contributed by atoms with Crippen LogP contribution in [0, 0.1) is 11.8 Å². The number of aliphatic hydroxyl groups excluding tert-OH is 2. The lowest BCUT2D eigenvalue weighted by molar-refractivity contribution is -0.134. The van der Waals surface area contributed by atoms with E-state index in [9.17, 15) is 24.6 Å². The van der Waals surface area contributed by atoms with Crippen molar-refractivity contribution < 1.29 is 24.6 Å². The van der Waals surface area contributed by atoms with Crippen LogP contribution in [0.4, 0.5) is 4.79 Å². The zero-order valence-electron chi connectivity index (χ0n) is 31.2. The fourth-order valence-electron chi connectivity index (χ4n) is 6.78. The molecule has 0 unspecified atom stereocenters. The number of aliphatic hydroxyl groups is 2. The van der Waals surface area contributed by atoms with Gasteiger partial charge in [-0.05, 0) is 74.9 Å². The first-order valence-corrected chi connectivity index (χ1v) is 18.4. The molecule has 4 N–H and O–H groups in total. The summed E-state index contributed by atoms with van der Waals surface area (Å²) in [6.45, 7) is 10.8. The summed E-state index contributed by atoms with van der Waals surface area (Å²) in [6.07, 6.45) is 3.85. The van der Waals surface area contributed by atoms with E-state index in [2.05, 4.69) is 10.6 Å². The Morgan fingerprint density at radius 2 is 1.51 bits per heavy atom. The summed E-state index contributed by atoms with van der Waals surface area (Å²) in [7, 11) is 5.70. The van der Waals surface area contributed by atoms with Gasteiger partial charge in [0.05, 0.1) is 12.1 Å². The van der Waals surface area contributed by atoms with Crippen molar-refractivity contribution in [2.75, 3.05) is 34.2 Å².